The summed E-state index contributed by atoms with van der Waals surface area (Å²) in [5.74, 6) is 0.751. The van der Waals surface area contributed by atoms with E-state index in [-0.39, 0.29) is 6.23 Å². The lowest BCUT2D eigenvalue weighted by molar-refractivity contribution is 0.0476. The van der Waals surface area contributed by atoms with E-state index in [2.05, 4.69) is 10.3 Å². The first-order valence-electron chi connectivity index (χ1n) is 4.74. The smallest absolute Gasteiger partial charge is 0.240 e. The zero-order valence-corrected chi connectivity index (χ0v) is 7.95. The summed E-state index contributed by atoms with van der Waals surface area (Å²) in [6, 6.07) is 9.87. The molecular weight excluding hydrogens is 190 g/mol. The Kier molecular flexibility index (Phi) is 1.78. The number of rotatable bonds is 1. The van der Waals surface area contributed by atoms with Crippen LogP contribution in [0.5, 0.6) is 0 Å². The van der Waals surface area contributed by atoms with E-state index in [1.54, 1.807) is 11.2 Å². The van der Waals surface area contributed by atoms with E-state index in [9.17, 15) is 0 Å². The average molecular weight is 199 g/mol. The largest absolute Gasteiger partial charge is 0.362 e. The van der Waals surface area contributed by atoms with Gasteiger partial charge in [-0.15, -0.1) is 0 Å². The molecule has 2 aliphatic heterocycles. The van der Waals surface area contributed by atoms with Crippen LogP contribution in [0.25, 0.3) is 0 Å². The minimum Gasteiger partial charge on any atom is -0.362 e. The summed E-state index contributed by atoms with van der Waals surface area (Å²) in [5.41, 5.74) is 1.01. The Balaban J connectivity index is 1.96. The average Bonchev–Trinajstić information content (AvgIpc) is 2.74. The second-order valence-electron chi connectivity index (χ2n) is 3.27. The highest BCUT2D eigenvalue weighted by atomic mass is 16.7. The van der Waals surface area contributed by atoms with Crippen LogP contribution in [0.1, 0.15) is 5.56 Å². The van der Waals surface area contributed by atoms with E-state index in [0.29, 0.717) is 0 Å². The van der Waals surface area contributed by atoms with Gasteiger partial charge in [0, 0.05) is 11.8 Å². The van der Waals surface area contributed by atoms with Crippen LogP contribution in [0, 0.1) is 0 Å². The SMILES string of the molecule is C1=CC2ON=C(c3ccccc3)N2N=C1. The van der Waals surface area contributed by atoms with Crippen molar-refractivity contribution in [2.75, 3.05) is 0 Å². The van der Waals surface area contributed by atoms with Crippen LogP contribution in [-0.2, 0) is 4.84 Å². The van der Waals surface area contributed by atoms with Crippen LogP contribution >= 0.6 is 0 Å². The highest BCUT2D eigenvalue weighted by Gasteiger charge is 2.29. The molecule has 0 saturated heterocycles. The topological polar surface area (TPSA) is 37.2 Å². The van der Waals surface area contributed by atoms with Gasteiger partial charge in [0.15, 0.2) is 5.84 Å². The number of nitrogens with zero attached hydrogens (tertiary/aromatic N) is 3. The predicted octanol–water partition coefficient (Wildman–Crippen LogP) is 1.56. The van der Waals surface area contributed by atoms with Gasteiger partial charge in [0.1, 0.15) is 0 Å². The molecule has 0 bridgehead atoms. The van der Waals surface area contributed by atoms with Crippen LogP contribution in [0.2, 0.25) is 0 Å². The van der Waals surface area contributed by atoms with E-state index in [4.69, 9.17) is 4.84 Å². The molecule has 15 heavy (non-hydrogen) atoms. The van der Waals surface area contributed by atoms with Crippen molar-refractivity contribution in [3.05, 3.63) is 48.0 Å². The fraction of sp³-hybridized carbons (Fsp3) is 0.0909. The molecule has 0 radical (unpaired) electrons. The first-order valence-corrected chi connectivity index (χ1v) is 4.74. The Labute approximate surface area is 87.1 Å². The molecule has 1 unspecified atom stereocenters. The third-order valence-electron chi connectivity index (χ3n) is 2.29. The normalized spacial score (nSPS) is 22.3. The standard InChI is InChI=1S/C11H9N3O/c1-2-5-9(6-3-1)11-13-15-10-7-4-8-12-14(10)11/h1-8,10H. The van der Waals surface area contributed by atoms with Crippen molar-refractivity contribution in [1.82, 2.24) is 5.01 Å². The maximum absolute atomic E-state index is 5.24. The van der Waals surface area contributed by atoms with Gasteiger partial charge in [0.05, 0.1) is 0 Å². The third kappa shape index (κ3) is 1.30. The van der Waals surface area contributed by atoms with Crippen molar-refractivity contribution in [2.24, 2.45) is 10.3 Å². The second kappa shape index (κ2) is 3.24. The third-order valence-corrected chi connectivity index (χ3v) is 2.29. The highest BCUT2D eigenvalue weighted by molar-refractivity contribution is 6.00. The van der Waals surface area contributed by atoms with Gasteiger partial charge in [-0.3, -0.25) is 0 Å². The Bertz CT molecular complexity index is 450. The molecule has 0 spiro atoms. The molecule has 0 aliphatic carbocycles. The molecule has 1 aromatic rings. The summed E-state index contributed by atoms with van der Waals surface area (Å²) in [5, 5.41) is 10.0. The zero-order chi connectivity index (χ0) is 10.1. The van der Waals surface area contributed by atoms with Gasteiger partial charge in [0.25, 0.3) is 0 Å². The van der Waals surface area contributed by atoms with Gasteiger partial charge < -0.3 is 4.84 Å². The number of hydrazone groups is 1. The number of hydrogen-bond acceptors (Lipinski definition) is 4. The van der Waals surface area contributed by atoms with Crippen molar-refractivity contribution >= 4 is 12.1 Å². The van der Waals surface area contributed by atoms with Crippen LogP contribution < -0.4 is 0 Å². The molecule has 1 atom stereocenters. The maximum atomic E-state index is 5.24. The summed E-state index contributed by atoms with van der Waals surface area (Å²) in [6.07, 6.45) is 5.30. The molecular formula is C11H9N3O. The van der Waals surface area contributed by atoms with Gasteiger partial charge in [-0.2, -0.15) is 10.1 Å². The van der Waals surface area contributed by atoms with Crippen molar-refractivity contribution in [2.45, 2.75) is 6.23 Å². The molecule has 4 nitrogen and oxygen atoms in total. The van der Waals surface area contributed by atoms with Crippen LogP contribution in [0.4, 0.5) is 0 Å². The Morgan fingerprint density at radius 1 is 1.20 bits per heavy atom. The van der Waals surface area contributed by atoms with Crippen molar-refractivity contribution in [3.8, 4) is 0 Å². The maximum Gasteiger partial charge on any atom is 0.240 e. The molecule has 0 saturated carbocycles. The van der Waals surface area contributed by atoms with E-state index in [1.807, 2.05) is 42.5 Å². The molecule has 0 amide bonds. The molecule has 0 aromatic heterocycles. The van der Waals surface area contributed by atoms with E-state index in [0.717, 1.165) is 11.4 Å². The first-order chi connectivity index (χ1) is 7.45. The Morgan fingerprint density at radius 3 is 2.93 bits per heavy atom. The molecule has 0 fully saturated rings. The second-order valence-corrected chi connectivity index (χ2v) is 3.27. The summed E-state index contributed by atoms with van der Waals surface area (Å²) in [6.45, 7) is 0. The van der Waals surface area contributed by atoms with Crippen LogP contribution in [0.3, 0.4) is 0 Å². The number of benzene rings is 1. The number of oxime groups is 1. The summed E-state index contributed by atoms with van der Waals surface area (Å²) < 4.78 is 0. The van der Waals surface area contributed by atoms with Crippen LogP contribution in [-0.4, -0.2) is 23.3 Å². The fourth-order valence-electron chi connectivity index (χ4n) is 1.58. The molecule has 1 aromatic carbocycles. The predicted molar refractivity (Wildman–Crippen MR) is 57.3 cm³/mol. The highest BCUT2D eigenvalue weighted by Crippen LogP contribution is 2.20. The minimum atomic E-state index is -0.190. The quantitative estimate of drug-likeness (QED) is 0.688. The molecule has 2 aliphatic rings. The zero-order valence-electron chi connectivity index (χ0n) is 7.95. The van der Waals surface area contributed by atoms with Crippen LogP contribution in [0.15, 0.2) is 52.7 Å². The number of hydrogen-bond donors (Lipinski definition) is 0. The molecule has 0 N–H and O–H groups in total. The van der Waals surface area contributed by atoms with Gasteiger partial charge >= 0.3 is 0 Å². The number of allylic oxidation sites excluding steroid dienone is 1. The molecule has 3 rings (SSSR count). The summed E-state index contributed by atoms with van der Waals surface area (Å²) in [7, 11) is 0. The monoisotopic (exact) mass is 199 g/mol. The van der Waals surface area contributed by atoms with Crippen molar-refractivity contribution < 1.29 is 4.84 Å². The van der Waals surface area contributed by atoms with E-state index in [1.165, 1.54) is 0 Å². The summed E-state index contributed by atoms with van der Waals surface area (Å²) >= 11 is 0. The lowest BCUT2D eigenvalue weighted by atomic mass is 10.2. The van der Waals surface area contributed by atoms with Gasteiger partial charge in [-0.25, -0.2) is 0 Å². The molecule has 74 valence electrons. The minimum absolute atomic E-state index is 0.190. The van der Waals surface area contributed by atoms with E-state index >= 15 is 0 Å². The lowest BCUT2D eigenvalue weighted by Crippen LogP contribution is -2.32. The van der Waals surface area contributed by atoms with Gasteiger partial charge in [0.2, 0.25) is 6.23 Å². The molecule has 4 heteroatoms. The first kappa shape index (κ1) is 8.23. The Morgan fingerprint density at radius 2 is 2.07 bits per heavy atom. The van der Waals surface area contributed by atoms with Gasteiger partial charge in [-0.1, -0.05) is 35.5 Å². The van der Waals surface area contributed by atoms with E-state index < -0.39 is 0 Å². The number of fused-ring (bicyclic) bond motifs is 1. The Hall–Kier alpha value is -2.10. The van der Waals surface area contributed by atoms with Crippen molar-refractivity contribution in [1.29, 1.82) is 0 Å². The van der Waals surface area contributed by atoms with Crippen molar-refractivity contribution in [3.63, 3.8) is 0 Å². The fourth-order valence-corrected chi connectivity index (χ4v) is 1.58. The van der Waals surface area contributed by atoms with Gasteiger partial charge in [-0.05, 0) is 12.2 Å². The lowest BCUT2D eigenvalue weighted by Gasteiger charge is -2.18. The molecule has 2 heterocycles. The number of amidine groups is 1. The summed E-state index contributed by atoms with van der Waals surface area (Å²) in [4.78, 5) is 5.24.